The second-order valence-corrected chi connectivity index (χ2v) is 4.60. The fraction of sp³-hybridized carbons (Fsp3) is 0.231. The maximum atomic E-state index is 12.6. The van der Waals surface area contributed by atoms with Crippen LogP contribution in [0.1, 0.15) is 11.4 Å². The Labute approximate surface area is 119 Å². The average molecular weight is 302 g/mol. The highest BCUT2D eigenvalue weighted by atomic mass is 35.5. The lowest BCUT2D eigenvalue weighted by molar-refractivity contribution is -0.144. The summed E-state index contributed by atoms with van der Waals surface area (Å²) in [6.07, 6.45) is -4.62. The van der Waals surface area contributed by atoms with E-state index in [0.717, 1.165) is 5.56 Å². The average Bonchev–Trinajstić information content (AvgIpc) is 2.38. The molecule has 0 fully saturated rings. The molecule has 0 N–H and O–H groups in total. The van der Waals surface area contributed by atoms with Gasteiger partial charge in [-0.1, -0.05) is 41.9 Å². The molecule has 0 amide bonds. The van der Waals surface area contributed by atoms with Crippen molar-refractivity contribution >= 4 is 17.4 Å². The van der Waals surface area contributed by atoms with Crippen LogP contribution in [0.2, 0.25) is 5.15 Å². The molecular weight excluding hydrogens is 291 g/mol. The number of hydrogen-bond donors (Lipinski definition) is 0. The molecule has 0 bridgehead atoms. The van der Waals surface area contributed by atoms with Crippen molar-refractivity contribution in [3.63, 3.8) is 0 Å². The summed E-state index contributed by atoms with van der Waals surface area (Å²) in [7, 11) is 1.64. The lowest BCUT2D eigenvalue weighted by Crippen LogP contribution is -2.20. The largest absolute Gasteiger partial charge is 0.451 e. The second-order valence-electron chi connectivity index (χ2n) is 4.21. The van der Waals surface area contributed by atoms with Crippen molar-refractivity contribution < 1.29 is 13.2 Å². The first kappa shape index (κ1) is 14.6. The van der Waals surface area contributed by atoms with Crippen LogP contribution in [0, 0.1) is 0 Å². The van der Waals surface area contributed by atoms with Crippen molar-refractivity contribution in [2.24, 2.45) is 0 Å². The molecule has 106 valence electrons. The van der Waals surface area contributed by atoms with Crippen LogP contribution in [0.4, 0.5) is 19.0 Å². The summed E-state index contributed by atoms with van der Waals surface area (Å²) in [5, 5.41) is -0.234. The summed E-state index contributed by atoms with van der Waals surface area (Å²) < 4.78 is 37.9. The first-order chi connectivity index (χ1) is 9.36. The fourth-order valence-corrected chi connectivity index (χ4v) is 1.84. The van der Waals surface area contributed by atoms with Crippen molar-refractivity contribution in [1.82, 2.24) is 9.97 Å². The monoisotopic (exact) mass is 301 g/mol. The van der Waals surface area contributed by atoms with E-state index in [2.05, 4.69) is 9.97 Å². The Morgan fingerprint density at radius 3 is 2.40 bits per heavy atom. The van der Waals surface area contributed by atoms with Crippen LogP contribution in [-0.2, 0) is 12.7 Å². The highest BCUT2D eigenvalue weighted by Gasteiger charge is 2.35. The van der Waals surface area contributed by atoms with Crippen LogP contribution in [0.15, 0.2) is 36.4 Å². The van der Waals surface area contributed by atoms with E-state index in [9.17, 15) is 13.2 Å². The zero-order valence-corrected chi connectivity index (χ0v) is 11.3. The zero-order chi connectivity index (χ0) is 14.8. The Kier molecular flexibility index (Phi) is 4.13. The fourth-order valence-electron chi connectivity index (χ4n) is 1.67. The van der Waals surface area contributed by atoms with Crippen molar-refractivity contribution in [3.05, 3.63) is 52.9 Å². The molecule has 0 unspecified atom stereocenters. The number of anilines is 1. The molecule has 2 aromatic rings. The first-order valence-corrected chi connectivity index (χ1v) is 6.11. The summed E-state index contributed by atoms with van der Waals surface area (Å²) in [6, 6.07) is 10.6. The van der Waals surface area contributed by atoms with Crippen molar-refractivity contribution in [3.8, 4) is 0 Å². The SMILES string of the molecule is CN(Cc1ccccc1)c1cc(Cl)nc(C(F)(F)F)n1. The molecule has 1 aromatic carbocycles. The minimum atomic E-state index is -4.62. The Morgan fingerprint density at radius 2 is 1.80 bits per heavy atom. The van der Waals surface area contributed by atoms with E-state index in [1.54, 1.807) is 11.9 Å². The van der Waals surface area contributed by atoms with Crippen molar-refractivity contribution in [2.75, 3.05) is 11.9 Å². The molecule has 7 heteroatoms. The molecule has 0 aliphatic rings. The number of alkyl halides is 3. The van der Waals surface area contributed by atoms with Gasteiger partial charge in [-0.3, -0.25) is 0 Å². The number of halogens is 4. The minimum absolute atomic E-state index is 0.126. The summed E-state index contributed by atoms with van der Waals surface area (Å²) in [4.78, 5) is 8.28. The van der Waals surface area contributed by atoms with Gasteiger partial charge in [0.15, 0.2) is 0 Å². The zero-order valence-electron chi connectivity index (χ0n) is 10.5. The Balaban J connectivity index is 2.26. The van der Waals surface area contributed by atoms with E-state index in [1.807, 2.05) is 30.3 Å². The topological polar surface area (TPSA) is 29.0 Å². The van der Waals surface area contributed by atoms with Crippen LogP contribution in [0.25, 0.3) is 0 Å². The number of rotatable bonds is 3. The third kappa shape index (κ3) is 3.60. The van der Waals surface area contributed by atoms with Gasteiger partial charge in [-0.2, -0.15) is 13.2 Å². The molecule has 2 rings (SSSR count). The van der Waals surface area contributed by atoms with E-state index >= 15 is 0 Å². The maximum Gasteiger partial charge on any atom is 0.451 e. The molecule has 20 heavy (non-hydrogen) atoms. The van der Waals surface area contributed by atoms with Crippen LogP contribution in [0.5, 0.6) is 0 Å². The van der Waals surface area contributed by atoms with Gasteiger partial charge in [0.05, 0.1) is 0 Å². The van der Waals surface area contributed by atoms with Gasteiger partial charge in [0.1, 0.15) is 11.0 Å². The molecule has 1 aromatic heterocycles. The molecule has 0 saturated carbocycles. The number of nitrogens with zero attached hydrogens (tertiary/aromatic N) is 3. The summed E-state index contributed by atoms with van der Waals surface area (Å²) in [5.74, 6) is -1.11. The van der Waals surface area contributed by atoms with Crippen LogP contribution < -0.4 is 4.90 Å². The summed E-state index contributed by atoms with van der Waals surface area (Å²) in [5.41, 5.74) is 0.957. The van der Waals surface area contributed by atoms with Crippen molar-refractivity contribution in [2.45, 2.75) is 12.7 Å². The Morgan fingerprint density at radius 1 is 1.15 bits per heavy atom. The molecule has 0 aliphatic heterocycles. The number of benzene rings is 1. The van der Waals surface area contributed by atoms with Gasteiger partial charge in [-0.05, 0) is 5.56 Å². The molecule has 3 nitrogen and oxygen atoms in total. The van der Waals surface area contributed by atoms with E-state index in [4.69, 9.17) is 11.6 Å². The standard InChI is InChI=1S/C13H11ClF3N3/c1-20(8-9-5-3-2-4-6-9)11-7-10(14)18-12(19-11)13(15,16)17/h2-7H,8H2,1H3. The Bertz CT molecular complexity index is 587. The Hall–Kier alpha value is -1.82. The van der Waals surface area contributed by atoms with Crippen LogP contribution in [0.3, 0.4) is 0 Å². The normalized spacial score (nSPS) is 11.4. The second kappa shape index (κ2) is 5.66. The lowest BCUT2D eigenvalue weighted by atomic mass is 10.2. The predicted molar refractivity (Wildman–Crippen MR) is 70.6 cm³/mol. The molecule has 1 heterocycles. The maximum absolute atomic E-state index is 12.6. The van der Waals surface area contributed by atoms with E-state index in [0.29, 0.717) is 6.54 Å². The predicted octanol–water partition coefficient (Wildman–Crippen LogP) is 3.79. The van der Waals surface area contributed by atoms with E-state index in [1.165, 1.54) is 6.07 Å². The molecule has 0 atom stereocenters. The van der Waals surface area contributed by atoms with Gasteiger partial charge >= 0.3 is 6.18 Å². The highest BCUT2D eigenvalue weighted by molar-refractivity contribution is 6.29. The molecular formula is C13H11ClF3N3. The van der Waals surface area contributed by atoms with E-state index in [-0.39, 0.29) is 11.0 Å². The van der Waals surface area contributed by atoms with Gasteiger partial charge < -0.3 is 4.90 Å². The first-order valence-electron chi connectivity index (χ1n) is 5.73. The number of hydrogen-bond acceptors (Lipinski definition) is 3. The number of aromatic nitrogens is 2. The van der Waals surface area contributed by atoms with E-state index < -0.39 is 12.0 Å². The third-order valence-corrected chi connectivity index (χ3v) is 2.78. The minimum Gasteiger partial charge on any atom is -0.355 e. The molecule has 0 aliphatic carbocycles. The lowest BCUT2D eigenvalue weighted by Gasteiger charge is -2.19. The summed E-state index contributed by atoms with van der Waals surface area (Å²) in [6.45, 7) is 0.422. The van der Waals surface area contributed by atoms with Gasteiger partial charge in [-0.25, -0.2) is 9.97 Å². The molecule has 0 saturated heterocycles. The highest BCUT2D eigenvalue weighted by Crippen LogP contribution is 2.29. The smallest absolute Gasteiger partial charge is 0.355 e. The van der Waals surface area contributed by atoms with Crippen LogP contribution in [-0.4, -0.2) is 17.0 Å². The molecule has 0 radical (unpaired) electrons. The quantitative estimate of drug-likeness (QED) is 0.808. The van der Waals surface area contributed by atoms with Gasteiger partial charge in [0.25, 0.3) is 0 Å². The summed E-state index contributed by atoms with van der Waals surface area (Å²) >= 11 is 5.63. The molecule has 0 spiro atoms. The van der Waals surface area contributed by atoms with Crippen LogP contribution >= 0.6 is 11.6 Å². The van der Waals surface area contributed by atoms with Crippen molar-refractivity contribution in [1.29, 1.82) is 0 Å². The third-order valence-electron chi connectivity index (χ3n) is 2.59. The van der Waals surface area contributed by atoms with Gasteiger partial charge in [0.2, 0.25) is 5.82 Å². The van der Waals surface area contributed by atoms with Gasteiger partial charge in [0, 0.05) is 19.7 Å². The van der Waals surface area contributed by atoms with Gasteiger partial charge in [-0.15, -0.1) is 0 Å².